The molecule has 0 aliphatic carbocycles. The van der Waals surface area contributed by atoms with Gasteiger partial charge in [0.15, 0.2) is 11.5 Å². The molecule has 2 rings (SSSR count). The summed E-state index contributed by atoms with van der Waals surface area (Å²) in [4.78, 5) is 0.0663. The fourth-order valence-electron chi connectivity index (χ4n) is 2.15. The molecule has 0 saturated carbocycles. The topological polar surface area (TPSA) is 61.8 Å². The fourth-order valence-corrected chi connectivity index (χ4v) is 3.36. The monoisotopic (exact) mass is 368 g/mol. The van der Waals surface area contributed by atoms with E-state index in [9.17, 15) is 8.42 Å². The molecule has 0 aliphatic rings. The van der Waals surface area contributed by atoms with E-state index in [1.54, 1.807) is 24.3 Å². The first-order valence-corrected chi connectivity index (χ1v) is 9.32. The molecule has 0 bridgehead atoms. The molecule has 0 saturated heterocycles. The van der Waals surface area contributed by atoms with E-state index < -0.39 is 10.1 Å². The number of thiol groups is 1. The van der Waals surface area contributed by atoms with Gasteiger partial charge in [-0.25, -0.2) is 0 Å². The Kier molecular flexibility index (Phi) is 6.01. The molecule has 130 valence electrons. The molecule has 0 amide bonds. The number of ether oxygens (including phenoxy) is 2. The van der Waals surface area contributed by atoms with E-state index in [0.717, 1.165) is 11.1 Å². The molecule has 2 aromatic rings. The van der Waals surface area contributed by atoms with Crippen LogP contribution < -0.4 is 13.7 Å². The molecule has 24 heavy (non-hydrogen) atoms. The number of rotatable bonds is 7. The van der Waals surface area contributed by atoms with Gasteiger partial charge in [-0.1, -0.05) is 17.7 Å². The van der Waals surface area contributed by atoms with Gasteiger partial charge in [0.2, 0.25) is 5.75 Å². The molecule has 7 heteroatoms. The van der Waals surface area contributed by atoms with Crippen LogP contribution in [0.1, 0.15) is 11.1 Å². The van der Waals surface area contributed by atoms with E-state index in [-0.39, 0.29) is 10.6 Å². The summed E-state index contributed by atoms with van der Waals surface area (Å²) in [5.41, 5.74) is 1.87. The minimum absolute atomic E-state index is 0.0310. The maximum Gasteiger partial charge on any atom is 0.339 e. The van der Waals surface area contributed by atoms with E-state index >= 15 is 0 Å². The lowest BCUT2D eigenvalue weighted by Crippen LogP contribution is -2.11. The maximum atomic E-state index is 12.5. The van der Waals surface area contributed by atoms with E-state index in [1.807, 2.05) is 6.92 Å². The van der Waals surface area contributed by atoms with Crippen LogP contribution in [0.25, 0.3) is 0 Å². The summed E-state index contributed by atoms with van der Waals surface area (Å²) < 4.78 is 40.9. The van der Waals surface area contributed by atoms with Gasteiger partial charge in [-0.3, -0.25) is 0 Å². The Morgan fingerprint density at radius 2 is 1.54 bits per heavy atom. The van der Waals surface area contributed by atoms with Gasteiger partial charge in [-0.2, -0.15) is 21.0 Å². The first kappa shape index (κ1) is 18.5. The smallest absolute Gasteiger partial charge is 0.339 e. The van der Waals surface area contributed by atoms with E-state index in [1.165, 1.54) is 26.4 Å². The van der Waals surface area contributed by atoms with Crippen molar-refractivity contribution in [2.45, 2.75) is 18.2 Å². The molecule has 0 unspecified atom stereocenters. The highest BCUT2D eigenvalue weighted by Gasteiger charge is 2.23. The third-order valence-electron chi connectivity index (χ3n) is 3.42. The minimum atomic E-state index is -4.00. The number of hydrogen-bond acceptors (Lipinski definition) is 6. The summed E-state index contributed by atoms with van der Waals surface area (Å²) in [5.74, 6) is 1.26. The van der Waals surface area contributed by atoms with Gasteiger partial charge in [0.1, 0.15) is 4.90 Å². The summed E-state index contributed by atoms with van der Waals surface area (Å²) in [6.45, 7) is 1.88. The molecule has 0 radical (unpaired) electrons. The van der Waals surface area contributed by atoms with Crippen molar-refractivity contribution < 1.29 is 22.1 Å². The van der Waals surface area contributed by atoms with Crippen LogP contribution in [0, 0.1) is 6.92 Å². The Labute approximate surface area is 148 Å². The highest BCUT2D eigenvalue weighted by atomic mass is 32.2. The normalized spacial score (nSPS) is 11.2. The van der Waals surface area contributed by atoms with Crippen LogP contribution in [0.5, 0.6) is 17.2 Å². The predicted molar refractivity (Wildman–Crippen MR) is 96.1 cm³/mol. The van der Waals surface area contributed by atoms with Crippen molar-refractivity contribution in [1.82, 2.24) is 0 Å². The Hall–Kier alpha value is -1.86. The Bertz CT molecular complexity index is 773. The number of hydrogen-bond donors (Lipinski definition) is 1. The summed E-state index contributed by atoms with van der Waals surface area (Å²) >= 11 is 4.20. The Morgan fingerprint density at radius 3 is 2.00 bits per heavy atom. The molecular weight excluding hydrogens is 348 g/mol. The van der Waals surface area contributed by atoms with Gasteiger partial charge in [-0.15, -0.1) is 0 Å². The lowest BCUT2D eigenvalue weighted by molar-refractivity contribution is 0.359. The lowest BCUT2D eigenvalue weighted by atomic mass is 10.1. The summed E-state index contributed by atoms with van der Waals surface area (Å²) in [6.07, 6.45) is 0.695. The van der Waals surface area contributed by atoms with Crippen molar-refractivity contribution in [2.24, 2.45) is 0 Å². The molecular formula is C17H20O5S2. The standard InChI is InChI=1S/C17H20O5S2/c1-12-4-6-14(7-5-12)24(18,19)22-17-15(20-2)10-13(8-9-23)11-16(17)21-3/h4-7,10-11,23H,8-9H2,1-3H3. The molecule has 0 N–H and O–H groups in total. The van der Waals surface area contributed by atoms with Crippen LogP contribution in [-0.2, 0) is 16.5 Å². The zero-order chi connectivity index (χ0) is 17.7. The third kappa shape index (κ3) is 4.15. The van der Waals surface area contributed by atoms with Crippen LogP contribution in [0.15, 0.2) is 41.3 Å². The van der Waals surface area contributed by atoms with E-state index in [2.05, 4.69) is 12.6 Å². The molecule has 0 heterocycles. The second-order valence-electron chi connectivity index (χ2n) is 5.15. The summed E-state index contributed by atoms with van der Waals surface area (Å²) in [5, 5.41) is 0. The first-order chi connectivity index (χ1) is 11.4. The second kappa shape index (κ2) is 7.81. The van der Waals surface area contributed by atoms with Crippen molar-refractivity contribution in [3.8, 4) is 17.2 Å². The second-order valence-corrected chi connectivity index (χ2v) is 7.15. The largest absolute Gasteiger partial charge is 0.493 e. The van der Waals surface area contributed by atoms with E-state index in [0.29, 0.717) is 23.7 Å². The molecule has 0 spiro atoms. The van der Waals surface area contributed by atoms with Crippen LogP contribution in [0.2, 0.25) is 0 Å². The Balaban J connectivity index is 2.45. The summed E-state index contributed by atoms with van der Waals surface area (Å²) in [7, 11) is -1.10. The average molecular weight is 368 g/mol. The van der Waals surface area contributed by atoms with Gasteiger partial charge in [-0.05, 0) is 48.9 Å². The molecule has 2 aromatic carbocycles. The fraction of sp³-hybridized carbons (Fsp3) is 0.294. The quantitative estimate of drug-likeness (QED) is 0.600. The van der Waals surface area contributed by atoms with Crippen molar-refractivity contribution >= 4 is 22.7 Å². The van der Waals surface area contributed by atoms with Gasteiger partial charge < -0.3 is 13.7 Å². The molecule has 0 atom stereocenters. The van der Waals surface area contributed by atoms with Crippen molar-refractivity contribution in [2.75, 3.05) is 20.0 Å². The van der Waals surface area contributed by atoms with Gasteiger partial charge in [0.25, 0.3) is 0 Å². The van der Waals surface area contributed by atoms with Crippen molar-refractivity contribution in [3.63, 3.8) is 0 Å². The minimum Gasteiger partial charge on any atom is -0.493 e. The number of aryl methyl sites for hydroxylation is 2. The summed E-state index contributed by atoms with van der Waals surface area (Å²) in [6, 6.07) is 9.86. The molecule has 5 nitrogen and oxygen atoms in total. The maximum absolute atomic E-state index is 12.5. The zero-order valence-corrected chi connectivity index (χ0v) is 15.5. The van der Waals surface area contributed by atoms with Gasteiger partial charge >= 0.3 is 10.1 Å². The van der Waals surface area contributed by atoms with Crippen LogP contribution in [0.3, 0.4) is 0 Å². The number of benzene rings is 2. The van der Waals surface area contributed by atoms with Gasteiger partial charge in [0.05, 0.1) is 14.2 Å². The highest BCUT2D eigenvalue weighted by Crippen LogP contribution is 2.40. The predicted octanol–water partition coefficient (Wildman–Crippen LogP) is 3.25. The zero-order valence-electron chi connectivity index (χ0n) is 13.8. The van der Waals surface area contributed by atoms with Crippen molar-refractivity contribution in [1.29, 1.82) is 0 Å². The van der Waals surface area contributed by atoms with E-state index in [4.69, 9.17) is 13.7 Å². The van der Waals surface area contributed by atoms with Gasteiger partial charge in [0, 0.05) is 0 Å². The SMILES string of the molecule is COc1cc(CCS)cc(OC)c1OS(=O)(=O)c1ccc(C)cc1. The number of methoxy groups -OCH3 is 2. The lowest BCUT2D eigenvalue weighted by Gasteiger charge is -2.15. The van der Waals surface area contributed by atoms with Crippen molar-refractivity contribution in [3.05, 3.63) is 47.5 Å². The molecule has 0 aliphatic heterocycles. The highest BCUT2D eigenvalue weighted by molar-refractivity contribution is 7.87. The average Bonchev–Trinajstić information content (AvgIpc) is 2.56. The first-order valence-electron chi connectivity index (χ1n) is 7.28. The molecule has 0 aromatic heterocycles. The van der Waals surface area contributed by atoms with Crippen LogP contribution in [-0.4, -0.2) is 28.4 Å². The van der Waals surface area contributed by atoms with Crippen LogP contribution in [0.4, 0.5) is 0 Å². The Morgan fingerprint density at radius 1 is 1.00 bits per heavy atom. The molecule has 0 fully saturated rings. The van der Waals surface area contributed by atoms with Crippen LogP contribution >= 0.6 is 12.6 Å². The third-order valence-corrected chi connectivity index (χ3v) is 4.88.